The minimum absolute atomic E-state index is 0.868. The second-order valence-electron chi connectivity index (χ2n) is 14.6. The summed E-state index contributed by atoms with van der Waals surface area (Å²) in [6.45, 7) is 0. The molecule has 0 spiro atoms. The molecule has 12 aromatic rings. The number of benzene rings is 8. The van der Waals surface area contributed by atoms with E-state index in [1.165, 1.54) is 5.56 Å². The highest BCUT2D eigenvalue weighted by atomic mass is 79.9. The zero-order chi connectivity index (χ0) is 38.5. The van der Waals surface area contributed by atoms with Gasteiger partial charge < -0.3 is 0 Å². The number of rotatable bonds is 5. The van der Waals surface area contributed by atoms with Crippen molar-refractivity contribution >= 4 is 87.5 Å². The van der Waals surface area contributed by atoms with E-state index in [4.69, 9.17) is 9.97 Å². The van der Waals surface area contributed by atoms with Crippen LogP contribution in [0.15, 0.2) is 191 Å². The summed E-state index contributed by atoms with van der Waals surface area (Å²) in [5.74, 6) is 1.75. The van der Waals surface area contributed by atoms with Gasteiger partial charge >= 0.3 is 0 Å². The highest BCUT2D eigenvalue weighted by Gasteiger charge is 2.22. The molecule has 8 heteroatoms. The lowest BCUT2D eigenvalue weighted by atomic mass is 9.99. The third-order valence-electron chi connectivity index (χ3n) is 11.3. The van der Waals surface area contributed by atoms with Crippen molar-refractivity contribution in [2.24, 2.45) is 0 Å². The Morgan fingerprint density at radius 1 is 0.362 bits per heavy atom. The van der Waals surface area contributed by atoms with Crippen molar-refractivity contribution in [3.63, 3.8) is 0 Å². The highest BCUT2D eigenvalue weighted by Crippen LogP contribution is 2.39. The number of fused-ring (bicyclic) bond motifs is 10. The second-order valence-corrected chi connectivity index (χ2v) is 16.3. The Balaban J connectivity index is 0.986. The maximum Gasteiger partial charge on any atom is 0.220 e. The number of hydrogen-bond acceptors (Lipinski definition) is 2. The molecule has 0 fully saturated rings. The van der Waals surface area contributed by atoms with Gasteiger partial charge in [0, 0.05) is 25.9 Å². The second kappa shape index (κ2) is 12.9. The van der Waals surface area contributed by atoms with Crippen LogP contribution in [0.4, 0.5) is 0 Å². The van der Waals surface area contributed by atoms with Gasteiger partial charge in [-0.2, -0.15) is 0 Å². The van der Waals surface area contributed by atoms with Gasteiger partial charge in [-0.1, -0.05) is 115 Å². The van der Waals surface area contributed by atoms with Gasteiger partial charge in [-0.3, -0.25) is 17.9 Å². The van der Waals surface area contributed by atoms with Gasteiger partial charge in [0.05, 0.1) is 38.6 Å². The monoisotopic (exact) mass is 872 g/mol. The number of nitrogens with zero attached hydrogens (tertiary/aromatic N) is 6. The quantitative estimate of drug-likeness (QED) is 0.173. The molecule has 0 unspecified atom stereocenters. The fraction of sp³-hybridized carbons (Fsp3) is 0. The average molecular weight is 875 g/mol. The molecule has 0 N–H and O–H groups in total. The van der Waals surface area contributed by atoms with Crippen LogP contribution in [0.1, 0.15) is 0 Å². The zero-order valence-corrected chi connectivity index (χ0v) is 33.9. The summed E-state index contributed by atoms with van der Waals surface area (Å²) in [4.78, 5) is 10.5. The van der Waals surface area contributed by atoms with Crippen LogP contribution in [-0.4, -0.2) is 27.9 Å². The van der Waals surface area contributed by atoms with Gasteiger partial charge in [-0.25, -0.2) is 9.97 Å². The van der Waals surface area contributed by atoms with Crippen molar-refractivity contribution in [3.05, 3.63) is 191 Å². The lowest BCUT2D eigenvalue weighted by Crippen LogP contribution is -1.95. The first-order valence-corrected chi connectivity index (χ1v) is 20.7. The van der Waals surface area contributed by atoms with Crippen LogP contribution in [0, 0.1) is 0 Å². The molecule has 274 valence electrons. The molecule has 0 saturated carbocycles. The molecule has 0 radical (unpaired) electrons. The summed E-state index contributed by atoms with van der Waals surface area (Å²) in [5, 5.41) is 0. The van der Waals surface area contributed by atoms with Crippen molar-refractivity contribution in [2.75, 3.05) is 0 Å². The first-order valence-electron chi connectivity index (χ1n) is 19.1. The van der Waals surface area contributed by atoms with Gasteiger partial charge in [0.1, 0.15) is 5.52 Å². The summed E-state index contributed by atoms with van der Waals surface area (Å²) >= 11 is 7.66. The molecule has 12 rings (SSSR count). The number of para-hydroxylation sites is 5. The van der Waals surface area contributed by atoms with Crippen LogP contribution < -0.4 is 0 Å². The molecule has 58 heavy (non-hydrogen) atoms. The Morgan fingerprint density at radius 2 is 0.879 bits per heavy atom. The van der Waals surface area contributed by atoms with E-state index >= 15 is 0 Å². The van der Waals surface area contributed by atoms with Crippen molar-refractivity contribution in [3.8, 4) is 44.8 Å². The van der Waals surface area contributed by atoms with E-state index in [0.717, 1.165) is 104 Å². The lowest BCUT2D eigenvalue weighted by molar-refractivity contribution is 1.11. The maximum absolute atomic E-state index is 5.35. The fourth-order valence-electron chi connectivity index (χ4n) is 8.73. The zero-order valence-electron chi connectivity index (χ0n) is 30.8. The molecule has 0 aliphatic rings. The van der Waals surface area contributed by atoms with Crippen molar-refractivity contribution in [1.82, 2.24) is 27.9 Å². The molecule has 4 heterocycles. The normalized spacial score (nSPS) is 12.0. The Kier molecular flexibility index (Phi) is 7.43. The number of hydrogen-bond donors (Lipinski definition) is 0. The molecule has 0 aliphatic carbocycles. The van der Waals surface area contributed by atoms with Crippen LogP contribution in [0.5, 0.6) is 0 Å². The Morgan fingerprint density at radius 3 is 1.53 bits per heavy atom. The minimum Gasteiger partial charge on any atom is -0.278 e. The standard InChI is InChI=1S/C50H30Br2N6/c51-39-28-27-38(47-46(39)54-50-56(42-19-4-6-21-44(42)57(47)50)37-16-8-13-34(29-37)31-11-2-1-3-12-31)33-25-23-32(24-26-33)35-14-9-15-36(30-35)55-43-20-5-7-22-45(43)58-48-40(52)17-10-18-41(48)53-49(55)58/h1-30H. The summed E-state index contributed by atoms with van der Waals surface area (Å²) in [7, 11) is 0. The number of halogens is 2. The molecule has 6 nitrogen and oxygen atoms in total. The van der Waals surface area contributed by atoms with Crippen LogP contribution in [-0.2, 0) is 0 Å². The van der Waals surface area contributed by atoms with Crippen LogP contribution in [0.25, 0.3) is 100 Å². The number of aromatic nitrogens is 6. The molecule has 8 aromatic carbocycles. The molecule has 4 aromatic heterocycles. The third kappa shape index (κ3) is 4.95. The van der Waals surface area contributed by atoms with Crippen LogP contribution in [0.3, 0.4) is 0 Å². The summed E-state index contributed by atoms with van der Waals surface area (Å²) < 4.78 is 11.1. The molecule has 0 amide bonds. The lowest BCUT2D eigenvalue weighted by Gasteiger charge is -2.10. The predicted octanol–water partition coefficient (Wildman–Crippen LogP) is 13.7. The smallest absolute Gasteiger partial charge is 0.220 e. The van der Waals surface area contributed by atoms with E-state index in [1.54, 1.807) is 0 Å². The summed E-state index contributed by atoms with van der Waals surface area (Å²) in [6.07, 6.45) is 0. The highest BCUT2D eigenvalue weighted by molar-refractivity contribution is 9.11. The van der Waals surface area contributed by atoms with Crippen LogP contribution >= 0.6 is 31.9 Å². The fourth-order valence-corrected chi connectivity index (χ4v) is 9.67. The van der Waals surface area contributed by atoms with Crippen molar-refractivity contribution in [2.45, 2.75) is 0 Å². The van der Waals surface area contributed by atoms with Gasteiger partial charge in [0.15, 0.2) is 0 Å². The molecule has 0 aliphatic heterocycles. The van der Waals surface area contributed by atoms with E-state index < -0.39 is 0 Å². The van der Waals surface area contributed by atoms with Crippen molar-refractivity contribution in [1.29, 1.82) is 0 Å². The Hall–Kier alpha value is -6.74. The van der Waals surface area contributed by atoms with E-state index in [-0.39, 0.29) is 0 Å². The maximum atomic E-state index is 5.35. The topological polar surface area (TPSA) is 44.5 Å². The van der Waals surface area contributed by atoms with E-state index in [9.17, 15) is 0 Å². The van der Waals surface area contributed by atoms with Gasteiger partial charge in [0.25, 0.3) is 0 Å². The molecule has 0 bridgehead atoms. The molecular weight excluding hydrogens is 844 g/mol. The van der Waals surface area contributed by atoms with E-state index in [0.29, 0.717) is 0 Å². The van der Waals surface area contributed by atoms with Gasteiger partial charge in [-0.15, -0.1) is 0 Å². The largest absolute Gasteiger partial charge is 0.278 e. The molecular formula is C50H30Br2N6. The average Bonchev–Trinajstić information content (AvgIpc) is 4.02. The predicted molar refractivity (Wildman–Crippen MR) is 244 cm³/mol. The molecule has 0 saturated heterocycles. The minimum atomic E-state index is 0.868. The Labute approximate surface area is 349 Å². The number of imidazole rings is 4. The SMILES string of the molecule is Brc1ccc(-c2ccc(-c3cccc(-n4c5ccccc5n5c6c(Br)cccc6nc45)c3)cc2)c2c1nc1n(-c3cccc(-c4ccccc4)c3)c3ccccc3n21. The van der Waals surface area contributed by atoms with Gasteiger partial charge in [0.2, 0.25) is 11.6 Å². The first kappa shape index (κ1) is 33.4. The first-order chi connectivity index (χ1) is 28.6. The Bertz CT molecular complexity index is 3590. The summed E-state index contributed by atoms with van der Waals surface area (Å²) in [5.41, 5.74) is 17.4. The van der Waals surface area contributed by atoms with Gasteiger partial charge in [-0.05, 0) is 126 Å². The molecule has 0 atom stereocenters. The van der Waals surface area contributed by atoms with Crippen LogP contribution in [0.2, 0.25) is 0 Å². The third-order valence-corrected chi connectivity index (χ3v) is 12.6. The van der Waals surface area contributed by atoms with E-state index in [2.05, 4.69) is 226 Å². The van der Waals surface area contributed by atoms with Crippen molar-refractivity contribution < 1.29 is 0 Å². The summed E-state index contributed by atoms with van der Waals surface area (Å²) in [6, 6.07) is 64.5. The van der Waals surface area contributed by atoms with E-state index in [1.807, 2.05) is 6.07 Å².